The SMILES string of the molecule is CC(C)CCCC(C)Nc1nccc2occc12. The van der Waals surface area contributed by atoms with E-state index in [9.17, 15) is 0 Å². The Bertz CT molecular complexity index is 490. The molecule has 3 heteroatoms. The van der Waals surface area contributed by atoms with Crippen molar-refractivity contribution < 1.29 is 4.42 Å². The molecule has 18 heavy (non-hydrogen) atoms. The maximum Gasteiger partial charge on any atom is 0.139 e. The number of aromatic nitrogens is 1. The number of pyridine rings is 1. The Morgan fingerprint density at radius 3 is 2.83 bits per heavy atom. The van der Waals surface area contributed by atoms with E-state index in [1.54, 1.807) is 12.5 Å². The minimum atomic E-state index is 0.441. The van der Waals surface area contributed by atoms with Crippen LogP contribution in [0.25, 0.3) is 11.0 Å². The molecule has 0 amide bonds. The van der Waals surface area contributed by atoms with Crippen molar-refractivity contribution in [2.24, 2.45) is 5.92 Å². The highest BCUT2D eigenvalue weighted by molar-refractivity contribution is 5.87. The van der Waals surface area contributed by atoms with E-state index in [0.29, 0.717) is 6.04 Å². The van der Waals surface area contributed by atoms with E-state index in [4.69, 9.17) is 4.42 Å². The average molecular weight is 246 g/mol. The quantitative estimate of drug-likeness (QED) is 0.818. The molecule has 0 spiro atoms. The predicted molar refractivity (Wildman–Crippen MR) is 75.8 cm³/mol. The largest absolute Gasteiger partial charge is 0.464 e. The van der Waals surface area contributed by atoms with Gasteiger partial charge in [-0.3, -0.25) is 0 Å². The lowest BCUT2D eigenvalue weighted by molar-refractivity contribution is 0.520. The third kappa shape index (κ3) is 3.25. The molecule has 2 aromatic heterocycles. The third-order valence-electron chi connectivity index (χ3n) is 3.18. The lowest BCUT2D eigenvalue weighted by Gasteiger charge is -2.15. The Balaban J connectivity index is 1.94. The lowest BCUT2D eigenvalue weighted by Crippen LogP contribution is -2.16. The van der Waals surface area contributed by atoms with E-state index < -0.39 is 0 Å². The van der Waals surface area contributed by atoms with Gasteiger partial charge in [-0.25, -0.2) is 4.98 Å². The second-order valence-corrected chi connectivity index (χ2v) is 5.36. The van der Waals surface area contributed by atoms with Gasteiger partial charge in [0.1, 0.15) is 11.4 Å². The molecule has 2 heterocycles. The molecule has 1 N–H and O–H groups in total. The predicted octanol–water partition coefficient (Wildman–Crippen LogP) is 4.45. The summed E-state index contributed by atoms with van der Waals surface area (Å²) in [5, 5.41) is 4.54. The van der Waals surface area contributed by atoms with Gasteiger partial charge in [0, 0.05) is 12.2 Å². The third-order valence-corrected chi connectivity index (χ3v) is 3.18. The fourth-order valence-corrected chi connectivity index (χ4v) is 2.15. The topological polar surface area (TPSA) is 38.1 Å². The van der Waals surface area contributed by atoms with Crippen molar-refractivity contribution in [1.29, 1.82) is 0 Å². The molecule has 2 aromatic rings. The molecule has 1 unspecified atom stereocenters. The summed E-state index contributed by atoms with van der Waals surface area (Å²) in [6.07, 6.45) is 7.21. The van der Waals surface area contributed by atoms with E-state index in [1.165, 1.54) is 19.3 Å². The van der Waals surface area contributed by atoms with Gasteiger partial charge in [-0.1, -0.05) is 26.7 Å². The molecule has 98 valence electrons. The fourth-order valence-electron chi connectivity index (χ4n) is 2.15. The van der Waals surface area contributed by atoms with Crippen LogP contribution in [0.3, 0.4) is 0 Å². The molecular weight excluding hydrogens is 224 g/mol. The monoisotopic (exact) mass is 246 g/mol. The summed E-state index contributed by atoms with van der Waals surface area (Å²) in [5.74, 6) is 1.71. The maximum atomic E-state index is 5.37. The highest BCUT2D eigenvalue weighted by Crippen LogP contribution is 2.23. The Morgan fingerprint density at radius 2 is 2.06 bits per heavy atom. The molecule has 2 rings (SSSR count). The van der Waals surface area contributed by atoms with E-state index in [1.807, 2.05) is 12.1 Å². The van der Waals surface area contributed by atoms with Crippen molar-refractivity contribution in [3.63, 3.8) is 0 Å². The van der Waals surface area contributed by atoms with Crippen LogP contribution in [0.5, 0.6) is 0 Å². The van der Waals surface area contributed by atoms with Crippen LogP contribution >= 0.6 is 0 Å². The van der Waals surface area contributed by atoms with E-state index in [2.05, 4.69) is 31.1 Å². The second kappa shape index (κ2) is 5.89. The fraction of sp³-hybridized carbons (Fsp3) is 0.533. The lowest BCUT2D eigenvalue weighted by atomic mass is 10.0. The first-order valence-corrected chi connectivity index (χ1v) is 6.75. The van der Waals surface area contributed by atoms with Crippen LogP contribution in [-0.4, -0.2) is 11.0 Å². The van der Waals surface area contributed by atoms with E-state index in [0.717, 1.165) is 22.7 Å². The number of anilines is 1. The van der Waals surface area contributed by atoms with Crippen molar-refractivity contribution in [3.8, 4) is 0 Å². The molecule has 1 atom stereocenters. The number of fused-ring (bicyclic) bond motifs is 1. The molecule has 0 aromatic carbocycles. The molecule has 0 aliphatic rings. The zero-order chi connectivity index (χ0) is 13.0. The Kier molecular flexibility index (Phi) is 4.24. The van der Waals surface area contributed by atoms with Crippen LogP contribution in [0, 0.1) is 5.92 Å². The molecule has 3 nitrogen and oxygen atoms in total. The standard InChI is InChI=1S/C15H22N2O/c1-11(2)5-4-6-12(3)17-15-13-8-10-18-14(13)7-9-16-15/h7-12H,4-6H2,1-3H3,(H,16,17). The Hall–Kier alpha value is -1.51. The molecule has 0 radical (unpaired) electrons. The summed E-state index contributed by atoms with van der Waals surface area (Å²) in [7, 11) is 0. The van der Waals surface area contributed by atoms with Gasteiger partial charge in [0.25, 0.3) is 0 Å². The molecule has 0 saturated carbocycles. The zero-order valence-electron chi connectivity index (χ0n) is 11.4. The molecule has 0 aliphatic heterocycles. The van der Waals surface area contributed by atoms with Gasteiger partial charge in [-0.15, -0.1) is 0 Å². The highest BCUT2D eigenvalue weighted by atomic mass is 16.3. The summed E-state index contributed by atoms with van der Waals surface area (Å²) >= 11 is 0. The number of hydrogen-bond donors (Lipinski definition) is 1. The van der Waals surface area contributed by atoms with Crippen LogP contribution in [-0.2, 0) is 0 Å². The second-order valence-electron chi connectivity index (χ2n) is 5.36. The van der Waals surface area contributed by atoms with Gasteiger partial charge >= 0.3 is 0 Å². The van der Waals surface area contributed by atoms with Crippen molar-refractivity contribution in [2.75, 3.05) is 5.32 Å². The van der Waals surface area contributed by atoms with Crippen molar-refractivity contribution >= 4 is 16.8 Å². The van der Waals surface area contributed by atoms with E-state index in [-0.39, 0.29) is 0 Å². The van der Waals surface area contributed by atoms with E-state index >= 15 is 0 Å². The van der Waals surface area contributed by atoms with Crippen LogP contribution in [0.15, 0.2) is 29.0 Å². The number of nitrogens with one attached hydrogen (secondary N) is 1. The summed E-state index contributed by atoms with van der Waals surface area (Å²) in [6.45, 7) is 6.75. The Labute approximate surface area is 109 Å². The van der Waals surface area contributed by atoms with Crippen molar-refractivity contribution in [3.05, 3.63) is 24.6 Å². The molecule has 0 saturated heterocycles. The van der Waals surface area contributed by atoms with Gasteiger partial charge in [-0.2, -0.15) is 0 Å². The first-order chi connectivity index (χ1) is 8.66. The van der Waals surface area contributed by atoms with Gasteiger partial charge in [0.2, 0.25) is 0 Å². The first kappa shape index (κ1) is 12.9. The van der Waals surface area contributed by atoms with Gasteiger partial charge in [0.05, 0.1) is 11.6 Å². The smallest absolute Gasteiger partial charge is 0.139 e. The summed E-state index contributed by atoms with van der Waals surface area (Å²) in [4.78, 5) is 4.39. The number of nitrogens with zero attached hydrogens (tertiary/aromatic N) is 1. The number of furan rings is 1. The van der Waals surface area contributed by atoms with Crippen molar-refractivity contribution in [2.45, 2.75) is 46.1 Å². The van der Waals surface area contributed by atoms with Gasteiger partial charge < -0.3 is 9.73 Å². The van der Waals surface area contributed by atoms with Gasteiger partial charge in [0.15, 0.2) is 0 Å². The molecular formula is C15H22N2O. The van der Waals surface area contributed by atoms with Gasteiger partial charge in [-0.05, 0) is 31.4 Å². The van der Waals surface area contributed by atoms with Crippen LogP contribution < -0.4 is 5.32 Å². The molecule has 0 aliphatic carbocycles. The number of hydrogen-bond acceptors (Lipinski definition) is 3. The summed E-state index contributed by atoms with van der Waals surface area (Å²) in [6, 6.07) is 4.30. The highest BCUT2D eigenvalue weighted by Gasteiger charge is 2.08. The average Bonchev–Trinajstić information content (AvgIpc) is 2.77. The summed E-state index contributed by atoms with van der Waals surface area (Å²) in [5.41, 5.74) is 0.891. The minimum Gasteiger partial charge on any atom is -0.464 e. The zero-order valence-corrected chi connectivity index (χ0v) is 11.4. The Morgan fingerprint density at radius 1 is 1.22 bits per heavy atom. The first-order valence-electron chi connectivity index (χ1n) is 6.75. The van der Waals surface area contributed by atoms with Crippen LogP contribution in [0.2, 0.25) is 0 Å². The summed E-state index contributed by atoms with van der Waals surface area (Å²) < 4.78 is 5.37. The maximum absolute atomic E-state index is 5.37. The minimum absolute atomic E-state index is 0.441. The number of rotatable bonds is 6. The molecule has 0 bridgehead atoms. The van der Waals surface area contributed by atoms with Crippen LogP contribution in [0.1, 0.15) is 40.0 Å². The molecule has 0 fully saturated rings. The van der Waals surface area contributed by atoms with Crippen molar-refractivity contribution in [1.82, 2.24) is 4.98 Å². The normalized spacial score (nSPS) is 13.1. The van der Waals surface area contributed by atoms with Crippen LogP contribution in [0.4, 0.5) is 5.82 Å².